The molecule has 0 spiro atoms. The number of aryl methyl sites for hydroxylation is 7. The third-order valence-corrected chi connectivity index (χ3v) is 7.27. The summed E-state index contributed by atoms with van der Waals surface area (Å²) in [6.07, 6.45) is 5.99. The maximum absolute atomic E-state index is 5.16. The van der Waals surface area contributed by atoms with Crippen molar-refractivity contribution in [2.24, 2.45) is 9.98 Å². The number of aliphatic imine (C=N–C) groups is 2. The van der Waals surface area contributed by atoms with Crippen LogP contribution < -0.4 is 24.8 Å². The first-order chi connectivity index (χ1) is 17.8. The molecule has 0 aliphatic carbocycles. The molecule has 3 nitrogen and oxygen atoms in total. The molecule has 2 aromatic carbocycles. The Hall–Kier alpha value is -1.97. The van der Waals surface area contributed by atoms with E-state index in [-0.39, 0.29) is 41.9 Å². The minimum Gasteiger partial charge on any atom is -1.00 e. The third kappa shape index (κ3) is 9.01. The normalized spacial score (nSPS) is 11.4. The van der Waals surface area contributed by atoms with Gasteiger partial charge in [-0.1, -0.05) is 65.8 Å². The van der Waals surface area contributed by atoms with Gasteiger partial charge in [0.2, 0.25) is 0 Å². The Labute approximate surface area is 266 Å². The standard InChI is InChI=1S/C34H45N3.2ClH.Fe/c1-10-25-18-27(12-3)33(28(13-4)19-25)35-23(8)31-16-22(7)17-32(37-31)24(9)36-34-29(14-5)20-26(11-2)21-30(34)15-6;;;/h16-21H,10-15H2,1-9H3;2*1H;/q;;;+2/p-2. The average Bonchev–Trinajstić information content (AvgIpc) is 2.92. The first-order valence-corrected chi connectivity index (χ1v) is 14.2. The fourth-order valence-electron chi connectivity index (χ4n) is 4.93. The van der Waals surface area contributed by atoms with Gasteiger partial charge in [0, 0.05) is 0 Å². The zero-order valence-electron chi connectivity index (χ0n) is 25.7. The second-order valence-electron chi connectivity index (χ2n) is 9.96. The molecule has 0 aliphatic heterocycles. The Kier molecular flexibility index (Phi) is 16.9. The molecule has 0 fully saturated rings. The monoisotopic (exact) mass is 621 g/mol. The van der Waals surface area contributed by atoms with E-state index < -0.39 is 0 Å². The largest absolute Gasteiger partial charge is 2.00 e. The summed E-state index contributed by atoms with van der Waals surface area (Å²) in [5, 5.41) is 0. The van der Waals surface area contributed by atoms with E-state index in [4.69, 9.17) is 15.0 Å². The Morgan fingerprint density at radius 3 is 1.10 bits per heavy atom. The zero-order valence-corrected chi connectivity index (χ0v) is 28.3. The van der Waals surface area contributed by atoms with Crippen molar-refractivity contribution in [2.75, 3.05) is 0 Å². The van der Waals surface area contributed by atoms with E-state index in [2.05, 4.69) is 98.7 Å². The van der Waals surface area contributed by atoms with Crippen molar-refractivity contribution in [3.8, 4) is 0 Å². The van der Waals surface area contributed by atoms with Gasteiger partial charge in [0.05, 0.1) is 34.2 Å². The van der Waals surface area contributed by atoms with Crippen LogP contribution in [0.25, 0.3) is 0 Å². The molecule has 0 unspecified atom stereocenters. The molecule has 0 amide bonds. The third-order valence-electron chi connectivity index (χ3n) is 7.27. The zero-order chi connectivity index (χ0) is 27.1. The molecule has 1 heterocycles. The predicted octanol–water partition coefficient (Wildman–Crippen LogP) is 3.05. The van der Waals surface area contributed by atoms with Gasteiger partial charge in [0.15, 0.2) is 0 Å². The van der Waals surface area contributed by atoms with Crippen LogP contribution in [0.1, 0.15) is 106 Å². The SMILES string of the molecule is CCc1cc(CC)c(N=C(C)c2cc(C)cc(C(C)=Nc3c(CC)cc(CC)cc3CC)n2)c(CC)c1.[Cl-].[Cl-].[Fe+2]. The van der Waals surface area contributed by atoms with E-state index in [1.807, 2.05) is 0 Å². The van der Waals surface area contributed by atoms with Crippen LogP contribution in [0.15, 0.2) is 46.4 Å². The average molecular weight is 623 g/mol. The Bertz CT molecular complexity index is 1180. The van der Waals surface area contributed by atoms with E-state index >= 15 is 0 Å². The predicted molar refractivity (Wildman–Crippen MR) is 162 cm³/mol. The van der Waals surface area contributed by atoms with Crippen LogP contribution in [0.4, 0.5) is 11.4 Å². The fraction of sp³-hybridized carbons (Fsp3) is 0.441. The number of rotatable bonds is 10. The molecule has 0 radical (unpaired) electrons. The molecule has 0 N–H and O–H groups in total. The number of hydrogen-bond donors (Lipinski definition) is 0. The summed E-state index contributed by atoms with van der Waals surface area (Å²) in [7, 11) is 0. The Morgan fingerprint density at radius 2 is 0.850 bits per heavy atom. The first kappa shape index (κ1) is 38.0. The molecule has 218 valence electrons. The van der Waals surface area contributed by atoms with E-state index in [1.54, 1.807) is 0 Å². The van der Waals surface area contributed by atoms with Gasteiger partial charge in [-0.25, -0.2) is 4.98 Å². The van der Waals surface area contributed by atoms with Gasteiger partial charge in [-0.05, 0) is 110 Å². The maximum Gasteiger partial charge on any atom is 2.00 e. The second kappa shape index (κ2) is 17.8. The van der Waals surface area contributed by atoms with Gasteiger partial charge in [0.25, 0.3) is 0 Å². The van der Waals surface area contributed by atoms with Crippen molar-refractivity contribution < 1.29 is 41.9 Å². The summed E-state index contributed by atoms with van der Waals surface area (Å²) in [5.41, 5.74) is 15.2. The van der Waals surface area contributed by atoms with Gasteiger partial charge in [-0.3, -0.25) is 9.98 Å². The minimum absolute atomic E-state index is 0. The van der Waals surface area contributed by atoms with Crippen LogP contribution in [0.2, 0.25) is 0 Å². The molecule has 0 bridgehead atoms. The maximum atomic E-state index is 5.16. The number of benzene rings is 2. The summed E-state index contributed by atoms with van der Waals surface area (Å²) >= 11 is 0. The van der Waals surface area contributed by atoms with Crippen molar-refractivity contribution in [3.05, 3.63) is 86.7 Å². The van der Waals surface area contributed by atoms with E-state index in [0.29, 0.717) is 0 Å². The van der Waals surface area contributed by atoms with Gasteiger partial charge in [-0.15, -0.1) is 0 Å². The van der Waals surface area contributed by atoms with Gasteiger partial charge >= 0.3 is 17.1 Å². The molecule has 0 saturated carbocycles. The molecule has 0 saturated heterocycles. The number of halogens is 2. The molecule has 0 atom stereocenters. The summed E-state index contributed by atoms with van der Waals surface area (Å²) in [6.45, 7) is 19.6. The smallest absolute Gasteiger partial charge is 1.00 e. The Balaban J connectivity index is 0.00000507. The molecule has 6 heteroatoms. The van der Waals surface area contributed by atoms with Crippen LogP contribution in [0.5, 0.6) is 0 Å². The van der Waals surface area contributed by atoms with Crippen LogP contribution in [0.3, 0.4) is 0 Å². The molecule has 0 aliphatic rings. The second-order valence-corrected chi connectivity index (χ2v) is 9.96. The van der Waals surface area contributed by atoms with E-state index in [0.717, 1.165) is 72.7 Å². The van der Waals surface area contributed by atoms with Gasteiger partial charge in [0.1, 0.15) is 0 Å². The van der Waals surface area contributed by atoms with Crippen LogP contribution in [0, 0.1) is 6.92 Å². The first-order valence-electron chi connectivity index (χ1n) is 14.2. The summed E-state index contributed by atoms with van der Waals surface area (Å²) in [6, 6.07) is 13.5. The van der Waals surface area contributed by atoms with Crippen molar-refractivity contribution in [1.82, 2.24) is 4.98 Å². The fourth-order valence-corrected chi connectivity index (χ4v) is 4.93. The topological polar surface area (TPSA) is 37.6 Å². The van der Waals surface area contributed by atoms with Crippen molar-refractivity contribution in [3.63, 3.8) is 0 Å². The number of pyridine rings is 1. The van der Waals surface area contributed by atoms with Gasteiger partial charge in [-0.2, -0.15) is 0 Å². The quantitative estimate of drug-likeness (QED) is 0.253. The summed E-state index contributed by atoms with van der Waals surface area (Å²) in [5.74, 6) is 0. The van der Waals surface area contributed by atoms with Crippen molar-refractivity contribution in [1.29, 1.82) is 0 Å². The number of hydrogen-bond acceptors (Lipinski definition) is 3. The number of nitrogens with zero attached hydrogens (tertiary/aromatic N) is 3. The van der Waals surface area contributed by atoms with E-state index in [9.17, 15) is 0 Å². The summed E-state index contributed by atoms with van der Waals surface area (Å²) < 4.78 is 0. The van der Waals surface area contributed by atoms with Gasteiger partial charge < -0.3 is 24.8 Å². The molecule has 1 aromatic heterocycles. The minimum atomic E-state index is 0. The van der Waals surface area contributed by atoms with Crippen LogP contribution >= 0.6 is 0 Å². The van der Waals surface area contributed by atoms with Crippen LogP contribution in [-0.2, 0) is 55.6 Å². The Morgan fingerprint density at radius 1 is 0.550 bits per heavy atom. The van der Waals surface area contributed by atoms with Crippen molar-refractivity contribution >= 4 is 22.8 Å². The molecular formula is C34H45Cl2FeN3. The summed E-state index contributed by atoms with van der Waals surface area (Å²) in [4.78, 5) is 15.4. The molecule has 3 aromatic rings. The molecule has 40 heavy (non-hydrogen) atoms. The van der Waals surface area contributed by atoms with Crippen molar-refractivity contribution in [2.45, 2.75) is 101 Å². The van der Waals surface area contributed by atoms with E-state index in [1.165, 1.54) is 38.9 Å². The van der Waals surface area contributed by atoms with Crippen LogP contribution in [-0.4, -0.2) is 16.4 Å². The molecular weight excluding hydrogens is 577 g/mol. The molecule has 3 rings (SSSR count). The number of aromatic nitrogens is 1.